The van der Waals surface area contributed by atoms with Crippen LogP contribution in [0.5, 0.6) is 0 Å². The molecule has 11 atom stereocenters. The van der Waals surface area contributed by atoms with Crippen LogP contribution in [0.25, 0.3) is 0 Å². The average molecular weight is 1190 g/mol. The fraction of sp³-hybridized carbons (Fsp3) is 0.691. The normalized spacial score (nSPS) is 22.3. The molecule has 0 saturated carbocycles. The number of aliphatic hydroxyl groups is 1. The number of aliphatic hydroxyl groups excluding tert-OH is 1. The van der Waals surface area contributed by atoms with Crippen molar-refractivity contribution in [1.29, 1.82) is 0 Å². The summed E-state index contributed by atoms with van der Waals surface area (Å²) in [5.74, 6) is -8.99. The largest absolute Gasteiger partial charge is 0.391 e. The Balaban J connectivity index is 2.68. The third-order valence-corrected chi connectivity index (χ3v) is 13.7. The van der Waals surface area contributed by atoms with Crippen LogP contribution in [-0.2, 0) is 59.2 Å². The van der Waals surface area contributed by atoms with Crippen molar-refractivity contribution in [3.8, 4) is 0 Å². The first-order chi connectivity index (χ1) is 39.9. The first-order valence-corrected chi connectivity index (χ1v) is 29.2. The van der Waals surface area contributed by atoms with E-state index in [9.17, 15) is 57.8 Å². The smallest absolute Gasteiger partial charge is 0.245 e. The zero-order valence-electron chi connectivity index (χ0n) is 49.4. The van der Waals surface area contributed by atoms with Gasteiger partial charge in [-0.25, -0.2) is 0 Å². The van der Waals surface area contributed by atoms with Gasteiger partial charge in [0.1, 0.15) is 60.4 Å². The van der Waals surface area contributed by atoms with E-state index in [-0.39, 0.29) is 109 Å². The minimum Gasteiger partial charge on any atom is -0.391 e. The molecule has 1 aliphatic heterocycles. The van der Waals surface area contributed by atoms with E-state index < -0.39 is 139 Å². The van der Waals surface area contributed by atoms with Crippen LogP contribution in [0.3, 0.4) is 0 Å². The van der Waals surface area contributed by atoms with E-state index in [1.54, 1.807) is 44.2 Å². The molecule has 29 heteroatoms. The Morgan fingerprint density at radius 3 is 1.43 bits per heavy atom. The Kier molecular flexibility index (Phi) is 34.5. The second-order valence-electron chi connectivity index (χ2n) is 21.8. The SMILES string of the molecule is CC(C)CCCCC(=O)N[C@@H](CCN)C(=O)N[C@@H](CCN)C(=O)N[C@@H](CCN)C(=O)N[C@H]1CCNC(=O)[C@H]([C@@H](C)O)NC(=O)[C@H](CCN)NC(=O)[C@H](CCN)NC(=O)[C@H](CC(C)C)NC(=O)[C@@H](Cc2ccccc2)NC(=O)[C@H](CCN)NC1=O. The summed E-state index contributed by atoms with van der Waals surface area (Å²) >= 11 is 0. The Labute approximate surface area is 492 Å². The molecule has 2 rings (SSSR count). The van der Waals surface area contributed by atoms with Crippen LogP contribution in [-0.4, -0.2) is 182 Å². The standard InChI is InChI=1S/C55H97N17O12/c1-31(2)11-9-10-14-44(74)63-35(15-22-56)46(75)64-36(16-23-57)47(76)65-37(17-24-58)49(78)69-41-21-28-62-55(84)45(33(5)73)72-52(81)40(20-27-61)67-48(77)38(18-25-59)68-53(82)42(29-32(3)4)70-54(83)43(30-34-12-7-6-8-13-34)71-50(79)39(19-26-60)66-51(41)80/h6-8,12-13,31-33,35-43,45,73H,9-11,14-30,56-61H2,1-5H3,(H,62,84)(H,63,74)(H,64,75)(H,65,76)(H,66,80)(H,67,77)(H,68,82)(H,69,78)(H,70,83)(H,71,79)(H,72,81)/t33-,35+,36+,37+,38+,39+,40+,41+,42+,43-,45+/m1/s1. The lowest BCUT2D eigenvalue weighted by atomic mass is 10.00. The van der Waals surface area contributed by atoms with Crippen molar-refractivity contribution in [1.82, 2.24) is 58.5 Å². The van der Waals surface area contributed by atoms with Crippen molar-refractivity contribution < 1.29 is 57.8 Å². The summed E-state index contributed by atoms with van der Waals surface area (Å²) in [6, 6.07) is -5.57. The maximum Gasteiger partial charge on any atom is 0.245 e. The van der Waals surface area contributed by atoms with E-state index >= 15 is 0 Å². The molecular formula is C55H97N17O12. The van der Waals surface area contributed by atoms with Crippen LogP contribution in [0.4, 0.5) is 0 Å². The number of nitrogens with two attached hydrogens (primary N) is 6. The lowest BCUT2D eigenvalue weighted by Gasteiger charge is -2.28. The van der Waals surface area contributed by atoms with Crippen molar-refractivity contribution in [2.75, 3.05) is 45.8 Å². The maximum absolute atomic E-state index is 14.5. The number of hydrogen-bond donors (Lipinski definition) is 18. The average Bonchev–Trinajstić information content (AvgIpc) is 3.57. The van der Waals surface area contributed by atoms with Crippen molar-refractivity contribution in [3.63, 3.8) is 0 Å². The zero-order chi connectivity index (χ0) is 62.9. The highest BCUT2D eigenvalue weighted by Gasteiger charge is 2.37. The molecule has 1 heterocycles. The fourth-order valence-corrected chi connectivity index (χ4v) is 9.04. The van der Waals surface area contributed by atoms with Gasteiger partial charge in [0.15, 0.2) is 0 Å². The van der Waals surface area contributed by atoms with Crippen LogP contribution < -0.4 is 92.9 Å². The molecule has 84 heavy (non-hydrogen) atoms. The molecule has 0 bridgehead atoms. The molecule has 0 aromatic heterocycles. The number of hydrogen-bond acceptors (Lipinski definition) is 18. The van der Waals surface area contributed by atoms with Gasteiger partial charge in [0.2, 0.25) is 65.0 Å². The predicted octanol–water partition coefficient (Wildman–Crippen LogP) is -5.67. The molecule has 1 aliphatic rings. The Hall–Kier alpha value is -6.89. The van der Waals surface area contributed by atoms with Gasteiger partial charge in [0.05, 0.1) is 6.10 Å². The van der Waals surface area contributed by atoms with Gasteiger partial charge in [0, 0.05) is 19.4 Å². The van der Waals surface area contributed by atoms with E-state index in [0.717, 1.165) is 12.8 Å². The molecule has 29 nitrogen and oxygen atoms in total. The third kappa shape index (κ3) is 26.8. The van der Waals surface area contributed by atoms with Gasteiger partial charge in [-0.05, 0) is 121 Å². The van der Waals surface area contributed by atoms with Gasteiger partial charge in [-0.3, -0.25) is 52.7 Å². The summed E-state index contributed by atoms with van der Waals surface area (Å²) in [5.41, 5.74) is 35.8. The quantitative estimate of drug-likeness (QED) is 0.0333. The van der Waals surface area contributed by atoms with Crippen LogP contribution in [0.1, 0.15) is 117 Å². The molecule has 24 N–H and O–H groups in total. The van der Waals surface area contributed by atoms with Gasteiger partial charge in [0.25, 0.3) is 0 Å². The topological polar surface area (TPSA) is 496 Å². The second kappa shape index (κ2) is 39.6. The van der Waals surface area contributed by atoms with Gasteiger partial charge in [-0.1, -0.05) is 70.9 Å². The molecule has 1 saturated heterocycles. The zero-order valence-corrected chi connectivity index (χ0v) is 49.4. The number of amides is 11. The molecule has 0 unspecified atom stereocenters. The first-order valence-electron chi connectivity index (χ1n) is 29.2. The number of unbranched alkanes of at least 4 members (excludes halogenated alkanes) is 1. The van der Waals surface area contributed by atoms with Crippen molar-refractivity contribution in [2.24, 2.45) is 46.2 Å². The molecule has 1 aromatic rings. The van der Waals surface area contributed by atoms with E-state index in [1.165, 1.54) is 6.92 Å². The highest BCUT2D eigenvalue weighted by atomic mass is 16.3. The van der Waals surface area contributed by atoms with Crippen LogP contribution in [0.15, 0.2) is 30.3 Å². The minimum absolute atomic E-state index is 0.0191. The highest BCUT2D eigenvalue weighted by molar-refractivity contribution is 5.99. The maximum atomic E-state index is 14.5. The van der Waals surface area contributed by atoms with Crippen LogP contribution in [0.2, 0.25) is 0 Å². The number of rotatable bonds is 29. The Morgan fingerprint density at radius 2 is 0.952 bits per heavy atom. The minimum atomic E-state index is -1.67. The van der Waals surface area contributed by atoms with E-state index in [2.05, 4.69) is 72.3 Å². The summed E-state index contributed by atoms with van der Waals surface area (Å²) < 4.78 is 0. The molecule has 0 radical (unpaired) electrons. The summed E-state index contributed by atoms with van der Waals surface area (Å²) in [6.45, 7) is 7.80. The molecule has 1 fully saturated rings. The predicted molar refractivity (Wildman–Crippen MR) is 314 cm³/mol. The Bertz CT molecular complexity index is 2280. The van der Waals surface area contributed by atoms with Crippen molar-refractivity contribution in [2.45, 2.75) is 185 Å². The summed E-state index contributed by atoms with van der Waals surface area (Å²) in [4.78, 5) is 154. The van der Waals surface area contributed by atoms with Crippen molar-refractivity contribution >= 4 is 65.0 Å². The number of nitrogens with one attached hydrogen (secondary N) is 11. The molecule has 1 aromatic carbocycles. The molecule has 11 amide bonds. The van der Waals surface area contributed by atoms with Gasteiger partial charge in [-0.15, -0.1) is 0 Å². The summed E-state index contributed by atoms with van der Waals surface area (Å²) in [5, 5.41) is 39.3. The van der Waals surface area contributed by atoms with E-state index in [0.29, 0.717) is 17.9 Å². The van der Waals surface area contributed by atoms with Crippen LogP contribution >= 0.6 is 0 Å². The lowest BCUT2D eigenvalue weighted by molar-refractivity contribution is -0.136. The van der Waals surface area contributed by atoms with E-state index in [4.69, 9.17) is 34.4 Å². The lowest BCUT2D eigenvalue weighted by Crippen LogP contribution is -2.61. The molecular weight excluding hydrogens is 1090 g/mol. The summed E-state index contributed by atoms with van der Waals surface area (Å²) in [7, 11) is 0. The van der Waals surface area contributed by atoms with E-state index in [1.807, 2.05) is 0 Å². The van der Waals surface area contributed by atoms with Gasteiger partial charge < -0.3 is 98.0 Å². The molecule has 0 aliphatic carbocycles. The molecule has 0 spiro atoms. The fourth-order valence-electron chi connectivity index (χ4n) is 9.04. The second-order valence-corrected chi connectivity index (χ2v) is 21.8. The van der Waals surface area contributed by atoms with Crippen LogP contribution in [0, 0.1) is 11.8 Å². The number of carbonyl (C=O) groups is 11. The van der Waals surface area contributed by atoms with Crippen molar-refractivity contribution in [3.05, 3.63) is 35.9 Å². The first kappa shape index (κ1) is 73.2. The summed E-state index contributed by atoms with van der Waals surface area (Å²) in [6.07, 6.45) is -0.342. The highest BCUT2D eigenvalue weighted by Crippen LogP contribution is 2.12. The number of carbonyl (C=O) groups excluding carboxylic acids is 11. The number of benzene rings is 1. The van der Waals surface area contributed by atoms with Gasteiger partial charge in [-0.2, -0.15) is 0 Å². The third-order valence-electron chi connectivity index (χ3n) is 13.7. The molecule has 474 valence electrons. The monoisotopic (exact) mass is 1190 g/mol. The Morgan fingerprint density at radius 1 is 0.512 bits per heavy atom. The van der Waals surface area contributed by atoms with Gasteiger partial charge >= 0.3 is 0 Å².